The van der Waals surface area contributed by atoms with Crippen LogP contribution in [0.4, 0.5) is 21.9 Å². The highest BCUT2D eigenvalue weighted by molar-refractivity contribution is 6.00. The van der Waals surface area contributed by atoms with Crippen molar-refractivity contribution in [2.45, 2.75) is 6.54 Å². The molecule has 0 unspecified atom stereocenters. The average molecular weight is 284 g/mol. The van der Waals surface area contributed by atoms with E-state index in [1.165, 1.54) is 0 Å². The Morgan fingerprint density at radius 1 is 1.05 bits per heavy atom. The van der Waals surface area contributed by atoms with Gasteiger partial charge in [0.1, 0.15) is 0 Å². The van der Waals surface area contributed by atoms with E-state index in [-0.39, 0.29) is 6.03 Å². The van der Waals surface area contributed by atoms with Crippen molar-refractivity contribution in [1.82, 2.24) is 0 Å². The first-order valence-electron chi connectivity index (χ1n) is 6.73. The van der Waals surface area contributed by atoms with Gasteiger partial charge >= 0.3 is 6.03 Å². The summed E-state index contributed by atoms with van der Waals surface area (Å²) in [6, 6.07) is 14.8. The Kier molecular flexibility index (Phi) is 4.79. The van der Waals surface area contributed by atoms with Gasteiger partial charge in [0, 0.05) is 37.7 Å². The molecule has 21 heavy (non-hydrogen) atoms. The Bertz CT molecular complexity index is 608. The Morgan fingerprint density at radius 2 is 1.71 bits per heavy atom. The number of anilines is 3. The van der Waals surface area contributed by atoms with Gasteiger partial charge in [0.25, 0.3) is 0 Å². The molecule has 2 rings (SSSR count). The fourth-order valence-corrected chi connectivity index (χ4v) is 1.88. The molecule has 0 fully saturated rings. The Balaban J connectivity index is 1.99. The SMILES string of the molecule is CN(C)c1cccc(NC(=O)Nc2ccc(CN)cc2)c1. The number of carbonyl (C=O) groups excluding carboxylic acids is 1. The van der Waals surface area contributed by atoms with Gasteiger partial charge in [-0.25, -0.2) is 4.79 Å². The second-order valence-electron chi connectivity index (χ2n) is 4.92. The minimum atomic E-state index is -0.272. The zero-order valence-corrected chi connectivity index (χ0v) is 12.3. The van der Waals surface area contributed by atoms with Gasteiger partial charge in [-0.15, -0.1) is 0 Å². The summed E-state index contributed by atoms with van der Waals surface area (Å²) in [5.74, 6) is 0. The molecule has 5 nitrogen and oxygen atoms in total. The molecule has 0 aliphatic heterocycles. The highest BCUT2D eigenvalue weighted by atomic mass is 16.2. The van der Waals surface area contributed by atoms with Crippen LogP contribution < -0.4 is 21.3 Å². The predicted molar refractivity (Wildman–Crippen MR) is 87.7 cm³/mol. The van der Waals surface area contributed by atoms with Crippen LogP contribution in [0, 0.1) is 0 Å². The molecule has 0 radical (unpaired) electrons. The molecule has 0 bridgehead atoms. The van der Waals surface area contributed by atoms with E-state index < -0.39 is 0 Å². The van der Waals surface area contributed by atoms with Crippen molar-refractivity contribution in [2.24, 2.45) is 5.73 Å². The summed E-state index contributed by atoms with van der Waals surface area (Å²) < 4.78 is 0. The normalized spacial score (nSPS) is 10.0. The van der Waals surface area contributed by atoms with Gasteiger partial charge in [-0.05, 0) is 35.9 Å². The molecule has 0 aliphatic carbocycles. The highest BCUT2D eigenvalue weighted by Crippen LogP contribution is 2.17. The molecule has 0 atom stereocenters. The molecule has 4 N–H and O–H groups in total. The number of rotatable bonds is 4. The van der Waals surface area contributed by atoms with E-state index in [2.05, 4.69) is 10.6 Å². The molecule has 2 aromatic rings. The number of nitrogens with zero attached hydrogens (tertiary/aromatic N) is 1. The van der Waals surface area contributed by atoms with E-state index in [9.17, 15) is 4.79 Å². The molecule has 0 spiro atoms. The Labute approximate surface area is 124 Å². The van der Waals surface area contributed by atoms with Crippen molar-refractivity contribution in [3.8, 4) is 0 Å². The number of amides is 2. The van der Waals surface area contributed by atoms with E-state index in [0.29, 0.717) is 6.54 Å². The summed E-state index contributed by atoms with van der Waals surface area (Å²) >= 11 is 0. The summed E-state index contributed by atoms with van der Waals surface area (Å²) in [4.78, 5) is 13.9. The number of urea groups is 1. The number of nitrogens with two attached hydrogens (primary N) is 1. The molecule has 0 aliphatic rings. The molecule has 5 heteroatoms. The summed E-state index contributed by atoms with van der Waals surface area (Å²) in [5.41, 5.74) is 9.07. The zero-order chi connectivity index (χ0) is 15.2. The van der Waals surface area contributed by atoms with E-state index >= 15 is 0 Å². The summed E-state index contributed by atoms with van der Waals surface area (Å²) in [6.07, 6.45) is 0. The summed E-state index contributed by atoms with van der Waals surface area (Å²) in [5, 5.41) is 5.60. The molecule has 0 saturated carbocycles. The van der Waals surface area contributed by atoms with Crippen LogP contribution in [0.15, 0.2) is 48.5 Å². The first-order chi connectivity index (χ1) is 10.1. The third kappa shape index (κ3) is 4.22. The largest absolute Gasteiger partial charge is 0.378 e. The van der Waals surface area contributed by atoms with E-state index in [1.54, 1.807) is 0 Å². The van der Waals surface area contributed by atoms with Gasteiger partial charge in [0.2, 0.25) is 0 Å². The number of carbonyl (C=O) groups is 1. The van der Waals surface area contributed by atoms with Crippen LogP contribution in [0.1, 0.15) is 5.56 Å². The van der Waals surface area contributed by atoms with Crippen LogP contribution in [-0.4, -0.2) is 20.1 Å². The number of benzene rings is 2. The number of hydrogen-bond acceptors (Lipinski definition) is 3. The van der Waals surface area contributed by atoms with Crippen molar-refractivity contribution in [1.29, 1.82) is 0 Å². The summed E-state index contributed by atoms with van der Waals surface area (Å²) in [7, 11) is 3.91. The van der Waals surface area contributed by atoms with Crippen molar-refractivity contribution in [3.63, 3.8) is 0 Å². The zero-order valence-electron chi connectivity index (χ0n) is 12.3. The lowest BCUT2D eigenvalue weighted by Crippen LogP contribution is -2.19. The molecule has 110 valence electrons. The van der Waals surface area contributed by atoms with Crippen molar-refractivity contribution >= 4 is 23.1 Å². The van der Waals surface area contributed by atoms with Crippen molar-refractivity contribution in [2.75, 3.05) is 29.6 Å². The van der Waals surface area contributed by atoms with Crippen LogP contribution in [-0.2, 0) is 6.54 Å². The standard InChI is InChI=1S/C16H20N4O/c1-20(2)15-5-3-4-14(10-15)19-16(21)18-13-8-6-12(11-17)7-9-13/h3-10H,11,17H2,1-2H3,(H2,18,19,21). The fourth-order valence-electron chi connectivity index (χ4n) is 1.88. The summed E-state index contributed by atoms with van der Waals surface area (Å²) in [6.45, 7) is 0.490. The maximum Gasteiger partial charge on any atom is 0.323 e. The van der Waals surface area contributed by atoms with Crippen LogP contribution in [0.2, 0.25) is 0 Å². The third-order valence-corrected chi connectivity index (χ3v) is 3.07. The lowest BCUT2D eigenvalue weighted by Gasteiger charge is -2.14. The minimum Gasteiger partial charge on any atom is -0.378 e. The van der Waals surface area contributed by atoms with E-state index in [1.807, 2.05) is 67.5 Å². The highest BCUT2D eigenvalue weighted by Gasteiger charge is 2.04. The molecule has 0 aromatic heterocycles. The molecule has 2 aromatic carbocycles. The van der Waals surface area contributed by atoms with Crippen LogP contribution in [0.5, 0.6) is 0 Å². The molecular formula is C16H20N4O. The smallest absolute Gasteiger partial charge is 0.323 e. The van der Waals surface area contributed by atoms with E-state index in [0.717, 1.165) is 22.6 Å². The fraction of sp³-hybridized carbons (Fsp3) is 0.188. The number of nitrogens with one attached hydrogen (secondary N) is 2. The van der Waals surface area contributed by atoms with Crippen molar-refractivity contribution in [3.05, 3.63) is 54.1 Å². The van der Waals surface area contributed by atoms with Gasteiger partial charge in [-0.1, -0.05) is 18.2 Å². The molecule has 0 heterocycles. The minimum absolute atomic E-state index is 0.272. The lowest BCUT2D eigenvalue weighted by molar-refractivity contribution is 0.262. The van der Waals surface area contributed by atoms with Crippen LogP contribution >= 0.6 is 0 Å². The maximum atomic E-state index is 12.0. The molecule has 0 saturated heterocycles. The molecule has 2 amide bonds. The van der Waals surface area contributed by atoms with Crippen LogP contribution in [0.3, 0.4) is 0 Å². The first-order valence-corrected chi connectivity index (χ1v) is 6.73. The lowest BCUT2D eigenvalue weighted by atomic mass is 10.2. The van der Waals surface area contributed by atoms with Gasteiger partial charge in [-0.2, -0.15) is 0 Å². The van der Waals surface area contributed by atoms with Gasteiger partial charge in [0.15, 0.2) is 0 Å². The second kappa shape index (κ2) is 6.76. The van der Waals surface area contributed by atoms with Crippen LogP contribution in [0.25, 0.3) is 0 Å². The number of hydrogen-bond donors (Lipinski definition) is 3. The van der Waals surface area contributed by atoms with E-state index in [4.69, 9.17) is 5.73 Å². The Hall–Kier alpha value is -2.53. The Morgan fingerprint density at radius 3 is 2.33 bits per heavy atom. The average Bonchev–Trinajstić information content (AvgIpc) is 2.48. The monoisotopic (exact) mass is 284 g/mol. The predicted octanol–water partition coefficient (Wildman–Crippen LogP) is 2.86. The third-order valence-electron chi connectivity index (χ3n) is 3.07. The van der Waals surface area contributed by atoms with Gasteiger partial charge in [-0.3, -0.25) is 0 Å². The van der Waals surface area contributed by atoms with Crippen molar-refractivity contribution < 1.29 is 4.79 Å². The quantitative estimate of drug-likeness (QED) is 0.808. The first kappa shape index (κ1) is 14.9. The topological polar surface area (TPSA) is 70.4 Å². The van der Waals surface area contributed by atoms with Gasteiger partial charge < -0.3 is 21.3 Å². The second-order valence-corrected chi connectivity index (χ2v) is 4.92. The van der Waals surface area contributed by atoms with Gasteiger partial charge in [0.05, 0.1) is 0 Å². The molecular weight excluding hydrogens is 264 g/mol. The maximum absolute atomic E-state index is 12.0.